The number of esters is 1. The summed E-state index contributed by atoms with van der Waals surface area (Å²) in [6.07, 6.45) is 0. The van der Waals surface area contributed by atoms with Gasteiger partial charge in [-0.25, -0.2) is 4.79 Å². The number of nitrogens with zero attached hydrogens (tertiary/aromatic N) is 3. The molecule has 1 aromatic heterocycles. The summed E-state index contributed by atoms with van der Waals surface area (Å²) < 4.78 is 6.61. The molecule has 0 unspecified atom stereocenters. The van der Waals surface area contributed by atoms with Crippen LogP contribution in [0.5, 0.6) is 0 Å². The van der Waals surface area contributed by atoms with Crippen molar-refractivity contribution in [3.05, 3.63) is 95.3 Å². The number of rotatable bonds is 9. The lowest BCUT2D eigenvalue weighted by Gasteiger charge is -2.11. The number of carbonyl (C=O) groups is 2. The average molecular weight is 508 g/mol. The highest BCUT2D eigenvalue weighted by Crippen LogP contribution is 2.23. The second-order valence-electron chi connectivity index (χ2n) is 7.34. The van der Waals surface area contributed by atoms with Gasteiger partial charge in [0.05, 0.1) is 25.0 Å². The Bertz CT molecular complexity index is 1300. The summed E-state index contributed by atoms with van der Waals surface area (Å²) in [5, 5.41) is 16.1. The first-order chi connectivity index (χ1) is 17.0. The van der Waals surface area contributed by atoms with Crippen LogP contribution in [-0.4, -0.2) is 39.5 Å². The molecule has 10 heteroatoms. The van der Waals surface area contributed by atoms with Crippen molar-refractivity contribution >= 4 is 46.6 Å². The van der Waals surface area contributed by atoms with Crippen LogP contribution in [0.15, 0.2) is 84.0 Å². The van der Waals surface area contributed by atoms with Crippen LogP contribution in [0.2, 0.25) is 5.02 Å². The number of aromatic nitrogens is 3. The SMILES string of the molecule is COC(=O)c1ccc(NC(=O)CSc2nnc(CNc3ccc(Cl)cc3)n2-c2ccccc2)cc1. The van der Waals surface area contributed by atoms with E-state index >= 15 is 0 Å². The quantitative estimate of drug-likeness (QED) is 0.241. The summed E-state index contributed by atoms with van der Waals surface area (Å²) in [5.41, 5.74) is 2.80. The van der Waals surface area contributed by atoms with E-state index in [9.17, 15) is 9.59 Å². The van der Waals surface area contributed by atoms with Crippen molar-refractivity contribution in [2.75, 3.05) is 23.5 Å². The number of halogens is 1. The van der Waals surface area contributed by atoms with Gasteiger partial charge in [0.1, 0.15) is 0 Å². The molecule has 4 rings (SSSR count). The van der Waals surface area contributed by atoms with Gasteiger partial charge in [-0.2, -0.15) is 0 Å². The van der Waals surface area contributed by atoms with Gasteiger partial charge in [0.25, 0.3) is 0 Å². The van der Waals surface area contributed by atoms with Gasteiger partial charge < -0.3 is 15.4 Å². The third-order valence-corrected chi connectivity index (χ3v) is 6.11. The molecule has 3 aromatic carbocycles. The van der Waals surface area contributed by atoms with E-state index in [2.05, 4.69) is 25.6 Å². The van der Waals surface area contributed by atoms with Gasteiger partial charge in [-0.05, 0) is 60.7 Å². The minimum atomic E-state index is -0.431. The second kappa shape index (κ2) is 11.5. The molecule has 0 aliphatic heterocycles. The van der Waals surface area contributed by atoms with Gasteiger partial charge in [0.15, 0.2) is 11.0 Å². The van der Waals surface area contributed by atoms with E-state index in [0.717, 1.165) is 11.4 Å². The number of nitrogens with one attached hydrogen (secondary N) is 2. The first kappa shape index (κ1) is 24.3. The lowest BCUT2D eigenvalue weighted by Crippen LogP contribution is -2.15. The van der Waals surface area contributed by atoms with E-state index in [0.29, 0.717) is 33.8 Å². The molecule has 0 bridgehead atoms. The topological polar surface area (TPSA) is 98.1 Å². The summed E-state index contributed by atoms with van der Waals surface area (Å²) in [4.78, 5) is 24.1. The standard InChI is InChI=1S/C25H22ClN5O3S/c1-34-24(33)17-7-11-20(12-8-17)28-23(32)16-35-25-30-29-22(31(25)21-5-3-2-4-6-21)15-27-19-13-9-18(26)10-14-19/h2-14,27H,15-16H2,1H3,(H,28,32). The largest absolute Gasteiger partial charge is 0.465 e. The van der Waals surface area contributed by atoms with Gasteiger partial charge >= 0.3 is 5.97 Å². The molecular weight excluding hydrogens is 486 g/mol. The third-order valence-electron chi connectivity index (χ3n) is 4.93. The third kappa shape index (κ3) is 6.40. The van der Waals surface area contributed by atoms with Gasteiger partial charge in [-0.15, -0.1) is 10.2 Å². The Hall–Kier alpha value is -3.82. The molecule has 35 heavy (non-hydrogen) atoms. The van der Waals surface area contributed by atoms with Crippen LogP contribution in [0.4, 0.5) is 11.4 Å². The van der Waals surface area contributed by atoms with Crippen LogP contribution >= 0.6 is 23.4 Å². The number of benzene rings is 3. The molecule has 1 amide bonds. The van der Waals surface area contributed by atoms with Gasteiger partial charge in [0.2, 0.25) is 5.91 Å². The molecule has 0 aliphatic rings. The lowest BCUT2D eigenvalue weighted by atomic mass is 10.2. The maximum Gasteiger partial charge on any atom is 0.337 e. The predicted octanol–water partition coefficient (Wildman–Crippen LogP) is 5.05. The van der Waals surface area contributed by atoms with Crippen LogP contribution in [0.1, 0.15) is 16.2 Å². The number of hydrogen-bond donors (Lipinski definition) is 2. The number of methoxy groups -OCH3 is 1. The summed E-state index contributed by atoms with van der Waals surface area (Å²) in [7, 11) is 1.32. The van der Waals surface area contributed by atoms with Crippen LogP contribution in [-0.2, 0) is 16.1 Å². The summed E-state index contributed by atoms with van der Waals surface area (Å²) in [5.74, 6) is 0.200. The van der Waals surface area contributed by atoms with E-state index < -0.39 is 5.97 Å². The number of carbonyl (C=O) groups excluding carboxylic acids is 2. The fourth-order valence-electron chi connectivity index (χ4n) is 3.23. The summed E-state index contributed by atoms with van der Waals surface area (Å²) >= 11 is 7.25. The molecule has 0 saturated heterocycles. The van der Waals surface area contributed by atoms with E-state index in [1.165, 1.54) is 18.9 Å². The highest BCUT2D eigenvalue weighted by atomic mass is 35.5. The Morgan fingerprint density at radius 1 is 0.943 bits per heavy atom. The molecule has 0 aliphatic carbocycles. The zero-order chi connectivity index (χ0) is 24.6. The number of anilines is 2. The van der Waals surface area contributed by atoms with Crippen molar-refractivity contribution in [3.8, 4) is 5.69 Å². The smallest absolute Gasteiger partial charge is 0.337 e. The normalized spacial score (nSPS) is 10.6. The molecule has 178 valence electrons. The second-order valence-corrected chi connectivity index (χ2v) is 8.71. The Labute approximate surface area is 211 Å². The van der Waals surface area contributed by atoms with Crippen molar-refractivity contribution in [1.29, 1.82) is 0 Å². The highest BCUT2D eigenvalue weighted by molar-refractivity contribution is 7.99. The molecule has 0 radical (unpaired) electrons. The maximum absolute atomic E-state index is 12.5. The van der Waals surface area contributed by atoms with Crippen molar-refractivity contribution in [1.82, 2.24) is 14.8 Å². The monoisotopic (exact) mass is 507 g/mol. The molecule has 0 saturated carbocycles. The van der Waals surface area contributed by atoms with E-state index in [-0.39, 0.29) is 11.7 Å². The van der Waals surface area contributed by atoms with E-state index in [1.54, 1.807) is 24.3 Å². The molecule has 0 spiro atoms. The van der Waals surface area contributed by atoms with Gasteiger partial charge in [0, 0.05) is 22.1 Å². The molecule has 8 nitrogen and oxygen atoms in total. The Morgan fingerprint density at radius 3 is 2.31 bits per heavy atom. The van der Waals surface area contributed by atoms with Crippen molar-refractivity contribution in [2.45, 2.75) is 11.7 Å². The van der Waals surface area contributed by atoms with Crippen molar-refractivity contribution < 1.29 is 14.3 Å². The van der Waals surface area contributed by atoms with Gasteiger partial charge in [-0.1, -0.05) is 41.6 Å². The number of ether oxygens (including phenoxy) is 1. The zero-order valence-electron chi connectivity index (χ0n) is 18.8. The zero-order valence-corrected chi connectivity index (χ0v) is 20.3. The number of amides is 1. The predicted molar refractivity (Wildman–Crippen MR) is 137 cm³/mol. The van der Waals surface area contributed by atoms with Crippen molar-refractivity contribution in [2.24, 2.45) is 0 Å². The maximum atomic E-state index is 12.5. The summed E-state index contributed by atoms with van der Waals surface area (Å²) in [6, 6.07) is 23.6. The minimum absolute atomic E-state index is 0.133. The average Bonchev–Trinajstić information content (AvgIpc) is 3.30. The first-order valence-corrected chi connectivity index (χ1v) is 12.0. The number of thioether (sulfide) groups is 1. The minimum Gasteiger partial charge on any atom is -0.465 e. The Morgan fingerprint density at radius 2 is 1.63 bits per heavy atom. The van der Waals surface area contributed by atoms with Gasteiger partial charge in [-0.3, -0.25) is 9.36 Å². The van der Waals surface area contributed by atoms with Crippen LogP contribution in [0.3, 0.4) is 0 Å². The fourth-order valence-corrected chi connectivity index (χ4v) is 4.13. The van der Waals surface area contributed by atoms with Crippen molar-refractivity contribution in [3.63, 3.8) is 0 Å². The van der Waals surface area contributed by atoms with E-state index in [4.69, 9.17) is 11.6 Å². The molecule has 0 fully saturated rings. The molecule has 4 aromatic rings. The Kier molecular flexibility index (Phi) is 8.02. The highest BCUT2D eigenvalue weighted by Gasteiger charge is 2.16. The van der Waals surface area contributed by atoms with Crippen LogP contribution in [0, 0.1) is 0 Å². The Balaban J connectivity index is 1.44. The van der Waals surface area contributed by atoms with Crippen LogP contribution in [0.25, 0.3) is 5.69 Å². The lowest BCUT2D eigenvalue weighted by molar-refractivity contribution is -0.113. The molecular formula is C25H22ClN5O3S. The van der Waals surface area contributed by atoms with E-state index in [1.807, 2.05) is 59.2 Å². The molecule has 0 atom stereocenters. The number of hydrogen-bond acceptors (Lipinski definition) is 7. The number of para-hydroxylation sites is 1. The fraction of sp³-hybridized carbons (Fsp3) is 0.120. The molecule has 2 N–H and O–H groups in total. The van der Waals surface area contributed by atoms with Crippen LogP contribution < -0.4 is 10.6 Å². The molecule has 1 heterocycles. The summed E-state index contributed by atoms with van der Waals surface area (Å²) in [6.45, 7) is 0.433. The first-order valence-electron chi connectivity index (χ1n) is 10.6.